The summed E-state index contributed by atoms with van der Waals surface area (Å²) in [6, 6.07) is 2.46. The number of hydrogen-bond donors (Lipinski definition) is 2. The third-order valence-corrected chi connectivity index (χ3v) is 3.59. The van der Waals surface area contributed by atoms with Crippen molar-refractivity contribution in [2.45, 2.75) is 32.9 Å². The fourth-order valence-electron chi connectivity index (χ4n) is 1.65. The molecule has 1 atom stereocenters. The van der Waals surface area contributed by atoms with Gasteiger partial charge in [0.05, 0.1) is 6.04 Å². The zero-order valence-electron chi connectivity index (χ0n) is 9.66. The van der Waals surface area contributed by atoms with Gasteiger partial charge in [-0.05, 0) is 25.0 Å². The quantitative estimate of drug-likeness (QED) is 0.836. The second-order valence-electron chi connectivity index (χ2n) is 3.87. The lowest BCUT2D eigenvalue weighted by Gasteiger charge is -2.13. The molecular formula is C12H17N3S. The van der Waals surface area contributed by atoms with Crippen molar-refractivity contribution in [3.05, 3.63) is 40.1 Å². The van der Waals surface area contributed by atoms with Crippen molar-refractivity contribution in [2.24, 2.45) is 0 Å². The minimum atomic E-state index is 0.369. The molecule has 0 spiro atoms. The molecule has 1 unspecified atom stereocenters. The second kappa shape index (κ2) is 5.27. The molecule has 0 saturated carbocycles. The number of nitrogens with one attached hydrogen (secondary N) is 2. The first-order valence-electron chi connectivity index (χ1n) is 5.57. The lowest BCUT2D eigenvalue weighted by molar-refractivity contribution is 0.517. The van der Waals surface area contributed by atoms with Gasteiger partial charge in [-0.1, -0.05) is 6.92 Å². The molecule has 0 aliphatic rings. The van der Waals surface area contributed by atoms with E-state index in [1.807, 2.05) is 18.6 Å². The van der Waals surface area contributed by atoms with Crippen LogP contribution in [0.4, 0.5) is 0 Å². The number of nitrogens with zero attached hydrogens (tertiary/aromatic N) is 1. The Balaban J connectivity index is 1.96. The summed E-state index contributed by atoms with van der Waals surface area (Å²) in [5.41, 5.74) is 1.28. The Morgan fingerprint density at radius 2 is 2.44 bits per heavy atom. The molecule has 0 radical (unpaired) electrons. The number of rotatable bonds is 5. The van der Waals surface area contributed by atoms with Crippen LogP contribution in [0.2, 0.25) is 0 Å². The summed E-state index contributed by atoms with van der Waals surface area (Å²) in [7, 11) is 0. The van der Waals surface area contributed by atoms with E-state index in [1.54, 1.807) is 11.3 Å². The van der Waals surface area contributed by atoms with Crippen LogP contribution in [0.25, 0.3) is 0 Å². The van der Waals surface area contributed by atoms with Crippen LogP contribution in [0.1, 0.15) is 34.8 Å². The Bertz CT molecular complexity index is 419. The fraction of sp³-hybridized carbons (Fsp3) is 0.417. The smallest absolute Gasteiger partial charge is 0.110 e. The molecule has 0 bridgehead atoms. The molecule has 0 saturated heterocycles. The lowest BCUT2D eigenvalue weighted by atomic mass is 10.2. The largest absolute Gasteiger partial charge is 0.367 e. The molecule has 0 fully saturated rings. The van der Waals surface area contributed by atoms with Crippen molar-refractivity contribution in [3.8, 4) is 0 Å². The molecule has 2 aromatic heterocycles. The standard InChI is InChI=1S/C12H17N3S/c1-3-11(12-15-6-9(2)16-12)14-8-10-4-5-13-7-10/h4-7,11,13-14H,3,8H2,1-2H3. The number of hydrogen-bond acceptors (Lipinski definition) is 3. The van der Waals surface area contributed by atoms with Gasteiger partial charge in [-0.25, -0.2) is 4.98 Å². The Morgan fingerprint density at radius 3 is 3.00 bits per heavy atom. The number of aromatic nitrogens is 2. The van der Waals surface area contributed by atoms with E-state index in [2.05, 4.69) is 35.2 Å². The van der Waals surface area contributed by atoms with Gasteiger partial charge in [0.2, 0.25) is 0 Å². The highest BCUT2D eigenvalue weighted by molar-refractivity contribution is 7.11. The van der Waals surface area contributed by atoms with Crippen LogP contribution in [0.15, 0.2) is 24.7 Å². The first kappa shape index (κ1) is 11.4. The summed E-state index contributed by atoms with van der Waals surface area (Å²) < 4.78 is 0. The molecule has 0 aliphatic heterocycles. The number of thiazole rings is 1. The molecule has 0 aliphatic carbocycles. The van der Waals surface area contributed by atoms with E-state index >= 15 is 0 Å². The Labute approximate surface area is 99.9 Å². The van der Waals surface area contributed by atoms with Gasteiger partial charge in [0.25, 0.3) is 0 Å². The molecular weight excluding hydrogens is 218 g/mol. The molecule has 4 heteroatoms. The van der Waals surface area contributed by atoms with Gasteiger partial charge in [0, 0.05) is 30.0 Å². The lowest BCUT2D eigenvalue weighted by Crippen LogP contribution is -2.19. The average molecular weight is 235 g/mol. The predicted molar refractivity (Wildman–Crippen MR) is 67.5 cm³/mol. The molecule has 86 valence electrons. The second-order valence-corrected chi connectivity index (χ2v) is 5.14. The van der Waals surface area contributed by atoms with Crippen LogP contribution >= 0.6 is 11.3 Å². The number of H-pyrrole nitrogens is 1. The summed E-state index contributed by atoms with van der Waals surface area (Å²) in [6.07, 6.45) is 6.98. The van der Waals surface area contributed by atoms with E-state index in [9.17, 15) is 0 Å². The number of aromatic amines is 1. The van der Waals surface area contributed by atoms with Gasteiger partial charge in [-0.15, -0.1) is 11.3 Å². The first-order chi connectivity index (χ1) is 7.79. The van der Waals surface area contributed by atoms with Crippen molar-refractivity contribution < 1.29 is 0 Å². The minimum absolute atomic E-state index is 0.369. The van der Waals surface area contributed by atoms with E-state index in [-0.39, 0.29) is 0 Å². The van der Waals surface area contributed by atoms with Crippen molar-refractivity contribution in [2.75, 3.05) is 0 Å². The molecule has 0 aromatic carbocycles. The third kappa shape index (κ3) is 2.71. The van der Waals surface area contributed by atoms with Gasteiger partial charge in [0.15, 0.2) is 0 Å². The van der Waals surface area contributed by atoms with Crippen LogP contribution in [0.3, 0.4) is 0 Å². The van der Waals surface area contributed by atoms with E-state index in [1.165, 1.54) is 15.4 Å². The highest BCUT2D eigenvalue weighted by Crippen LogP contribution is 2.22. The Kier molecular flexibility index (Phi) is 3.74. The minimum Gasteiger partial charge on any atom is -0.367 e. The highest BCUT2D eigenvalue weighted by atomic mass is 32.1. The van der Waals surface area contributed by atoms with Gasteiger partial charge in [-0.2, -0.15) is 0 Å². The number of aryl methyl sites for hydroxylation is 1. The summed E-state index contributed by atoms with van der Waals surface area (Å²) in [6.45, 7) is 5.17. The van der Waals surface area contributed by atoms with Crippen LogP contribution in [-0.2, 0) is 6.54 Å². The van der Waals surface area contributed by atoms with Crippen LogP contribution in [0.5, 0.6) is 0 Å². The van der Waals surface area contributed by atoms with Crippen molar-refractivity contribution in [1.82, 2.24) is 15.3 Å². The SMILES string of the molecule is CCC(NCc1cc[nH]c1)c1ncc(C)s1. The summed E-state index contributed by atoms with van der Waals surface area (Å²) in [5.74, 6) is 0. The maximum Gasteiger partial charge on any atom is 0.110 e. The molecule has 2 heterocycles. The predicted octanol–water partition coefficient (Wildman–Crippen LogP) is 3.02. The maximum absolute atomic E-state index is 4.44. The third-order valence-electron chi connectivity index (χ3n) is 2.56. The molecule has 0 amide bonds. The van der Waals surface area contributed by atoms with Crippen molar-refractivity contribution in [1.29, 1.82) is 0 Å². The first-order valence-corrected chi connectivity index (χ1v) is 6.38. The fourth-order valence-corrected chi connectivity index (χ4v) is 2.58. The molecule has 2 N–H and O–H groups in total. The summed E-state index contributed by atoms with van der Waals surface area (Å²) >= 11 is 1.78. The van der Waals surface area contributed by atoms with Crippen molar-refractivity contribution >= 4 is 11.3 Å². The molecule has 16 heavy (non-hydrogen) atoms. The summed E-state index contributed by atoms with van der Waals surface area (Å²) in [5, 5.41) is 4.72. The van der Waals surface area contributed by atoms with E-state index in [4.69, 9.17) is 0 Å². The average Bonchev–Trinajstić information content (AvgIpc) is 2.91. The van der Waals surface area contributed by atoms with Gasteiger partial charge >= 0.3 is 0 Å². The van der Waals surface area contributed by atoms with E-state index < -0.39 is 0 Å². The van der Waals surface area contributed by atoms with Crippen LogP contribution in [-0.4, -0.2) is 9.97 Å². The van der Waals surface area contributed by atoms with Gasteiger partial charge in [-0.3, -0.25) is 0 Å². The normalized spacial score (nSPS) is 12.9. The monoisotopic (exact) mass is 235 g/mol. The summed E-state index contributed by atoms with van der Waals surface area (Å²) in [4.78, 5) is 8.77. The van der Waals surface area contributed by atoms with Crippen LogP contribution in [0, 0.1) is 6.92 Å². The molecule has 2 rings (SSSR count). The topological polar surface area (TPSA) is 40.7 Å². The zero-order valence-corrected chi connectivity index (χ0v) is 10.5. The van der Waals surface area contributed by atoms with Crippen LogP contribution < -0.4 is 5.32 Å². The highest BCUT2D eigenvalue weighted by Gasteiger charge is 2.12. The van der Waals surface area contributed by atoms with Gasteiger partial charge < -0.3 is 10.3 Å². The Hall–Kier alpha value is -1.13. The Morgan fingerprint density at radius 1 is 1.56 bits per heavy atom. The maximum atomic E-state index is 4.44. The van der Waals surface area contributed by atoms with E-state index in [0.29, 0.717) is 6.04 Å². The van der Waals surface area contributed by atoms with Gasteiger partial charge in [0.1, 0.15) is 5.01 Å². The van der Waals surface area contributed by atoms with Crippen molar-refractivity contribution in [3.63, 3.8) is 0 Å². The molecule has 2 aromatic rings. The zero-order chi connectivity index (χ0) is 11.4. The van der Waals surface area contributed by atoms with E-state index in [0.717, 1.165) is 13.0 Å². The molecule has 3 nitrogen and oxygen atoms in total.